The molecule has 21 heavy (non-hydrogen) atoms. The van der Waals surface area contributed by atoms with E-state index in [2.05, 4.69) is 10.0 Å². The van der Waals surface area contributed by atoms with Crippen LogP contribution in [0.25, 0.3) is 0 Å². The fourth-order valence-electron chi connectivity index (χ4n) is 1.54. The van der Waals surface area contributed by atoms with Gasteiger partial charge in [0.15, 0.2) is 0 Å². The fourth-order valence-corrected chi connectivity index (χ4v) is 2.72. The summed E-state index contributed by atoms with van der Waals surface area (Å²) in [7, 11) is -2.15. The van der Waals surface area contributed by atoms with Crippen LogP contribution in [0.1, 0.15) is 12.0 Å². The molecule has 0 heterocycles. The lowest BCUT2D eigenvalue weighted by atomic mass is 10.2. The van der Waals surface area contributed by atoms with Crippen molar-refractivity contribution in [2.75, 3.05) is 26.8 Å². The number of aryl methyl sites for hydroxylation is 1. The van der Waals surface area contributed by atoms with Crippen molar-refractivity contribution in [3.63, 3.8) is 0 Å². The van der Waals surface area contributed by atoms with E-state index in [4.69, 9.17) is 16.3 Å². The van der Waals surface area contributed by atoms with Crippen molar-refractivity contribution in [2.24, 2.45) is 0 Å². The molecule has 0 aliphatic rings. The van der Waals surface area contributed by atoms with Gasteiger partial charge in [-0.05, 0) is 37.1 Å². The second-order valence-corrected chi connectivity index (χ2v) is 6.61. The van der Waals surface area contributed by atoms with Crippen molar-refractivity contribution in [3.8, 4) is 0 Å². The molecular formula is C13H19ClN2O4S. The predicted octanol–water partition coefficient (Wildman–Crippen LogP) is 1.08. The number of hydrogen-bond donors (Lipinski definition) is 2. The number of amides is 1. The largest absolute Gasteiger partial charge is 0.385 e. The molecule has 0 spiro atoms. The lowest BCUT2D eigenvalue weighted by Gasteiger charge is -2.09. The van der Waals surface area contributed by atoms with Crippen molar-refractivity contribution < 1.29 is 17.9 Å². The minimum Gasteiger partial charge on any atom is -0.385 e. The zero-order chi connectivity index (χ0) is 15.9. The minimum atomic E-state index is -3.72. The average Bonchev–Trinajstić information content (AvgIpc) is 2.44. The van der Waals surface area contributed by atoms with Crippen molar-refractivity contribution in [3.05, 3.63) is 28.8 Å². The molecule has 0 bridgehead atoms. The standard InChI is InChI=1S/C13H19ClN2O4S/c1-10-8-11(4-5-12(10)14)21(18,19)16-9-13(17)15-6-3-7-20-2/h4-5,8,16H,3,6-7,9H2,1-2H3,(H,15,17). The molecule has 0 atom stereocenters. The Morgan fingerprint density at radius 1 is 1.38 bits per heavy atom. The van der Waals surface area contributed by atoms with Crippen LogP contribution in [0.2, 0.25) is 5.02 Å². The Morgan fingerprint density at radius 2 is 2.10 bits per heavy atom. The van der Waals surface area contributed by atoms with Gasteiger partial charge < -0.3 is 10.1 Å². The van der Waals surface area contributed by atoms with Gasteiger partial charge in [-0.2, -0.15) is 0 Å². The SMILES string of the molecule is COCCCNC(=O)CNS(=O)(=O)c1ccc(Cl)c(C)c1. The van der Waals surface area contributed by atoms with Crippen molar-refractivity contribution in [1.29, 1.82) is 0 Å². The summed E-state index contributed by atoms with van der Waals surface area (Å²) in [4.78, 5) is 11.6. The normalized spacial score (nSPS) is 11.4. The van der Waals surface area contributed by atoms with Crippen LogP contribution >= 0.6 is 11.6 Å². The molecule has 8 heteroatoms. The summed E-state index contributed by atoms with van der Waals surface area (Å²) in [5.41, 5.74) is 0.656. The van der Waals surface area contributed by atoms with E-state index >= 15 is 0 Å². The number of halogens is 1. The first-order valence-electron chi connectivity index (χ1n) is 6.38. The van der Waals surface area contributed by atoms with Gasteiger partial charge in [-0.3, -0.25) is 4.79 Å². The number of carbonyl (C=O) groups is 1. The van der Waals surface area contributed by atoms with Crippen molar-refractivity contribution >= 4 is 27.5 Å². The molecule has 1 amide bonds. The summed E-state index contributed by atoms with van der Waals surface area (Å²) in [5.74, 6) is -0.389. The van der Waals surface area contributed by atoms with Crippen LogP contribution in [0.4, 0.5) is 0 Å². The number of carbonyl (C=O) groups excluding carboxylic acids is 1. The van der Waals surface area contributed by atoms with Gasteiger partial charge in [0, 0.05) is 25.3 Å². The first-order valence-corrected chi connectivity index (χ1v) is 8.24. The molecule has 1 aromatic rings. The van der Waals surface area contributed by atoms with E-state index in [0.29, 0.717) is 30.2 Å². The highest BCUT2D eigenvalue weighted by Gasteiger charge is 2.16. The smallest absolute Gasteiger partial charge is 0.241 e. The van der Waals surface area contributed by atoms with Crippen LogP contribution in [0, 0.1) is 6.92 Å². The summed E-state index contributed by atoms with van der Waals surface area (Å²) >= 11 is 5.85. The Labute approximate surface area is 129 Å². The highest BCUT2D eigenvalue weighted by Crippen LogP contribution is 2.19. The van der Waals surface area contributed by atoms with Crippen LogP contribution < -0.4 is 10.0 Å². The Hall–Kier alpha value is -1.15. The maximum atomic E-state index is 12.0. The molecule has 6 nitrogen and oxygen atoms in total. The molecular weight excluding hydrogens is 316 g/mol. The van der Waals surface area contributed by atoms with Crippen LogP contribution in [0.5, 0.6) is 0 Å². The third-order valence-electron chi connectivity index (χ3n) is 2.71. The average molecular weight is 335 g/mol. The quantitative estimate of drug-likeness (QED) is 0.697. The van der Waals surface area contributed by atoms with Gasteiger partial charge in [0.05, 0.1) is 11.4 Å². The first-order chi connectivity index (χ1) is 9.86. The van der Waals surface area contributed by atoms with Gasteiger partial charge in [0.25, 0.3) is 0 Å². The topological polar surface area (TPSA) is 84.5 Å². The number of hydrogen-bond acceptors (Lipinski definition) is 4. The molecule has 1 rings (SSSR count). The minimum absolute atomic E-state index is 0.0802. The fraction of sp³-hybridized carbons (Fsp3) is 0.462. The lowest BCUT2D eigenvalue weighted by molar-refractivity contribution is -0.120. The molecule has 0 unspecified atom stereocenters. The van der Waals surface area contributed by atoms with Crippen LogP contribution in [-0.4, -0.2) is 41.1 Å². The summed E-state index contributed by atoms with van der Waals surface area (Å²) < 4.78 is 31.1. The first kappa shape index (κ1) is 17.9. The molecule has 0 saturated heterocycles. The van der Waals surface area contributed by atoms with Crippen LogP contribution in [0.3, 0.4) is 0 Å². The molecule has 0 saturated carbocycles. The number of sulfonamides is 1. The van der Waals surface area contributed by atoms with E-state index < -0.39 is 10.0 Å². The zero-order valence-electron chi connectivity index (χ0n) is 12.0. The number of rotatable bonds is 8. The van der Waals surface area contributed by atoms with Gasteiger partial charge in [0.1, 0.15) is 0 Å². The summed E-state index contributed by atoms with van der Waals surface area (Å²) in [6.07, 6.45) is 0.672. The molecule has 0 aliphatic carbocycles. The number of ether oxygens (including phenoxy) is 1. The Bertz CT molecular complexity index is 590. The third kappa shape index (κ3) is 6.01. The van der Waals surface area contributed by atoms with E-state index in [1.807, 2.05) is 0 Å². The van der Waals surface area contributed by atoms with Gasteiger partial charge in [-0.25, -0.2) is 13.1 Å². The number of nitrogens with one attached hydrogen (secondary N) is 2. The van der Waals surface area contributed by atoms with Gasteiger partial charge >= 0.3 is 0 Å². The monoisotopic (exact) mass is 334 g/mol. The molecule has 0 fully saturated rings. The maximum Gasteiger partial charge on any atom is 0.241 e. The van der Waals surface area contributed by atoms with E-state index in [-0.39, 0.29) is 17.3 Å². The second-order valence-electron chi connectivity index (χ2n) is 4.43. The highest BCUT2D eigenvalue weighted by molar-refractivity contribution is 7.89. The van der Waals surface area contributed by atoms with E-state index in [1.165, 1.54) is 18.2 Å². The molecule has 2 N–H and O–H groups in total. The third-order valence-corrected chi connectivity index (χ3v) is 4.53. The zero-order valence-corrected chi connectivity index (χ0v) is 13.6. The van der Waals surface area contributed by atoms with E-state index in [1.54, 1.807) is 14.0 Å². The molecule has 0 radical (unpaired) electrons. The Kier molecular flexibility index (Phi) is 7.10. The summed E-state index contributed by atoms with van der Waals surface area (Å²) in [5, 5.41) is 3.09. The highest BCUT2D eigenvalue weighted by atomic mass is 35.5. The molecule has 0 aliphatic heterocycles. The second kappa shape index (κ2) is 8.33. The predicted molar refractivity (Wildman–Crippen MR) is 80.9 cm³/mol. The van der Waals surface area contributed by atoms with Crippen molar-refractivity contribution in [1.82, 2.24) is 10.0 Å². The van der Waals surface area contributed by atoms with Crippen LogP contribution in [0.15, 0.2) is 23.1 Å². The molecule has 118 valence electrons. The molecule has 0 aromatic heterocycles. The Balaban J connectivity index is 2.53. The van der Waals surface area contributed by atoms with Gasteiger partial charge in [-0.15, -0.1) is 0 Å². The summed E-state index contributed by atoms with van der Waals surface area (Å²) in [6.45, 7) is 2.38. The maximum absolute atomic E-state index is 12.0. The van der Waals surface area contributed by atoms with Gasteiger partial charge in [0.2, 0.25) is 15.9 Å². The van der Waals surface area contributed by atoms with E-state index in [0.717, 1.165) is 0 Å². The van der Waals surface area contributed by atoms with Gasteiger partial charge in [-0.1, -0.05) is 11.6 Å². The summed E-state index contributed by atoms with van der Waals surface area (Å²) in [6, 6.07) is 4.37. The molecule has 1 aromatic carbocycles. The lowest BCUT2D eigenvalue weighted by Crippen LogP contribution is -2.37. The Morgan fingerprint density at radius 3 is 2.71 bits per heavy atom. The number of benzene rings is 1. The number of methoxy groups -OCH3 is 1. The van der Waals surface area contributed by atoms with Crippen LogP contribution in [-0.2, 0) is 19.6 Å². The van der Waals surface area contributed by atoms with Crippen molar-refractivity contribution in [2.45, 2.75) is 18.2 Å². The van der Waals surface area contributed by atoms with E-state index in [9.17, 15) is 13.2 Å².